The first-order valence-corrected chi connectivity index (χ1v) is 5.74. The third-order valence-electron chi connectivity index (χ3n) is 2.29. The summed E-state index contributed by atoms with van der Waals surface area (Å²) >= 11 is -1.40. The van der Waals surface area contributed by atoms with Crippen molar-refractivity contribution in [1.29, 1.82) is 0 Å². The van der Waals surface area contributed by atoms with Gasteiger partial charge in [-0.15, -0.1) is 4.18 Å². The monoisotopic (exact) mass is 227 g/mol. The SMILES string of the molecule is COc1ccccc1N1[C@@H](C)CO[S+]1[O-]. The zero-order chi connectivity index (χ0) is 10.8. The van der Waals surface area contributed by atoms with Crippen LogP contribution in [-0.2, 0) is 15.8 Å². The van der Waals surface area contributed by atoms with Crippen molar-refractivity contribution in [3.8, 4) is 5.75 Å². The Bertz CT molecular complexity index is 337. The van der Waals surface area contributed by atoms with Crippen LogP contribution in [0.5, 0.6) is 5.75 Å². The van der Waals surface area contributed by atoms with E-state index in [0.717, 1.165) is 5.69 Å². The maximum absolute atomic E-state index is 11.6. The number of rotatable bonds is 2. The second kappa shape index (κ2) is 4.30. The molecule has 1 aliphatic rings. The van der Waals surface area contributed by atoms with Gasteiger partial charge in [-0.25, -0.2) is 0 Å². The largest absolute Gasteiger partial charge is 0.560 e. The zero-order valence-corrected chi connectivity index (χ0v) is 9.49. The van der Waals surface area contributed by atoms with Gasteiger partial charge in [0.1, 0.15) is 24.1 Å². The molecular weight excluding hydrogens is 214 g/mol. The summed E-state index contributed by atoms with van der Waals surface area (Å²) in [4.78, 5) is 0. The number of methoxy groups -OCH3 is 1. The van der Waals surface area contributed by atoms with E-state index in [1.54, 1.807) is 11.4 Å². The molecule has 1 fully saturated rings. The quantitative estimate of drug-likeness (QED) is 0.718. The summed E-state index contributed by atoms with van der Waals surface area (Å²) in [6, 6.07) is 7.59. The van der Waals surface area contributed by atoms with Gasteiger partial charge in [-0.05, 0) is 19.1 Å². The molecule has 4 nitrogen and oxygen atoms in total. The maximum atomic E-state index is 11.6. The van der Waals surface area contributed by atoms with E-state index in [1.807, 2.05) is 31.2 Å². The van der Waals surface area contributed by atoms with Crippen LogP contribution in [0.3, 0.4) is 0 Å². The van der Waals surface area contributed by atoms with Gasteiger partial charge in [0.25, 0.3) is 0 Å². The molecule has 1 aliphatic heterocycles. The van der Waals surface area contributed by atoms with Crippen molar-refractivity contribution < 1.29 is 13.5 Å². The van der Waals surface area contributed by atoms with E-state index >= 15 is 0 Å². The Morgan fingerprint density at radius 1 is 1.53 bits per heavy atom. The predicted octanol–water partition coefficient (Wildman–Crippen LogP) is 1.50. The molecule has 2 atom stereocenters. The molecular formula is C10H13NO3S. The Labute approximate surface area is 92.3 Å². The fourth-order valence-electron chi connectivity index (χ4n) is 1.56. The Morgan fingerprint density at radius 3 is 2.87 bits per heavy atom. The number of hydrogen-bond donors (Lipinski definition) is 0. The van der Waals surface area contributed by atoms with Gasteiger partial charge < -0.3 is 9.29 Å². The number of para-hydroxylation sites is 2. The highest BCUT2D eigenvalue weighted by molar-refractivity contribution is 7.88. The summed E-state index contributed by atoms with van der Waals surface area (Å²) in [5.41, 5.74) is 0.809. The molecule has 1 saturated heterocycles. The van der Waals surface area contributed by atoms with Gasteiger partial charge in [0.2, 0.25) is 11.6 Å². The summed E-state index contributed by atoms with van der Waals surface area (Å²) in [7, 11) is 1.60. The second-order valence-corrected chi connectivity index (χ2v) is 4.41. The van der Waals surface area contributed by atoms with Gasteiger partial charge in [0, 0.05) is 0 Å². The number of ether oxygens (including phenoxy) is 1. The van der Waals surface area contributed by atoms with Crippen molar-refractivity contribution in [2.24, 2.45) is 0 Å². The van der Waals surface area contributed by atoms with E-state index in [0.29, 0.717) is 12.4 Å². The van der Waals surface area contributed by atoms with Crippen LogP contribution in [0.1, 0.15) is 6.92 Å². The van der Waals surface area contributed by atoms with Crippen molar-refractivity contribution in [3.05, 3.63) is 24.3 Å². The molecule has 5 heteroatoms. The Morgan fingerprint density at radius 2 is 2.27 bits per heavy atom. The second-order valence-electron chi connectivity index (χ2n) is 3.35. The Kier molecular flexibility index (Phi) is 3.04. The topological polar surface area (TPSA) is 44.8 Å². The highest BCUT2D eigenvalue weighted by Crippen LogP contribution is 2.34. The lowest BCUT2D eigenvalue weighted by molar-refractivity contribution is 0.342. The van der Waals surface area contributed by atoms with E-state index in [9.17, 15) is 4.55 Å². The molecule has 0 spiro atoms. The molecule has 0 N–H and O–H groups in total. The minimum atomic E-state index is -1.40. The molecule has 1 aromatic rings. The molecule has 0 bridgehead atoms. The maximum Gasteiger partial charge on any atom is 0.246 e. The van der Waals surface area contributed by atoms with Gasteiger partial charge in [0.05, 0.1) is 7.11 Å². The van der Waals surface area contributed by atoms with E-state index < -0.39 is 11.6 Å². The summed E-state index contributed by atoms with van der Waals surface area (Å²) in [6.07, 6.45) is 0. The fraction of sp³-hybridized carbons (Fsp3) is 0.400. The van der Waals surface area contributed by atoms with Gasteiger partial charge >= 0.3 is 0 Å². The summed E-state index contributed by atoms with van der Waals surface area (Å²) in [5, 5.41) is 0. The molecule has 1 unspecified atom stereocenters. The minimum Gasteiger partial charge on any atom is -0.560 e. The summed E-state index contributed by atoms with van der Waals surface area (Å²) in [6.45, 7) is 2.45. The normalized spacial score (nSPS) is 25.7. The van der Waals surface area contributed by atoms with Crippen LogP contribution in [0.25, 0.3) is 0 Å². The van der Waals surface area contributed by atoms with Crippen molar-refractivity contribution in [3.63, 3.8) is 0 Å². The lowest BCUT2D eigenvalue weighted by Crippen LogP contribution is -2.31. The van der Waals surface area contributed by atoms with E-state index in [4.69, 9.17) is 8.92 Å². The van der Waals surface area contributed by atoms with Crippen molar-refractivity contribution in [2.45, 2.75) is 13.0 Å². The van der Waals surface area contributed by atoms with E-state index in [1.165, 1.54) is 0 Å². The molecule has 1 aromatic carbocycles. The van der Waals surface area contributed by atoms with E-state index in [-0.39, 0.29) is 6.04 Å². The highest BCUT2D eigenvalue weighted by Gasteiger charge is 2.38. The van der Waals surface area contributed by atoms with Crippen molar-refractivity contribution >= 4 is 17.3 Å². The Hall–Kier alpha value is -0.910. The first-order valence-electron chi connectivity index (χ1n) is 4.71. The fourth-order valence-corrected chi connectivity index (χ4v) is 2.65. The van der Waals surface area contributed by atoms with Gasteiger partial charge in [-0.1, -0.05) is 12.1 Å². The van der Waals surface area contributed by atoms with Crippen LogP contribution in [0.4, 0.5) is 5.69 Å². The van der Waals surface area contributed by atoms with Gasteiger partial charge in [0.15, 0.2) is 0 Å². The van der Waals surface area contributed by atoms with Crippen LogP contribution in [-0.4, -0.2) is 24.3 Å². The van der Waals surface area contributed by atoms with E-state index in [2.05, 4.69) is 0 Å². The molecule has 2 rings (SSSR count). The standard InChI is InChI=1S/C10H13NO3S/c1-8-7-14-15(12)11(8)9-5-3-4-6-10(9)13-2/h3-6,8H,7H2,1-2H3/t8-,15?/m0/s1. The van der Waals surface area contributed by atoms with Crippen LogP contribution in [0, 0.1) is 0 Å². The van der Waals surface area contributed by atoms with Crippen LogP contribution >= 0.6 is 0 Å². The van der Waals surface area contributed by atoms with Crippen LogP contribution < -0.4 is 9.04 Å². The molecule has 0 aliphatic carbocycles. The smallest absolute Gasteiger partial charge is 0.246 e. The first-order chi connectivity index (χ1) is 7.24. The number of anilines is 1. The first kappa shape index (κ1) is 10.6. The van der Waals surface area contributed by atoms with Gasteiger partial charge in [-0.2, -0.15) is 4.31 Å². The zero-order valence-electron chi connectivity index (χ0n) is 8.67. The molecule has 0 radical (unpaired) electrons. The average molecular weight is 227 g/mol. The minimum absolute atomic E-state index is 0.0992. The predicted molar refractivity (Wildman–Crippen MR) is 59.0 cm³/mol. The Balaban J connectivity index is 2.35. The molecule has 0 amide bonds. The lowest BCUT2D eigenvalue weighted by Gasteiger charge is -2.20. The number of nitrogens with zero attached hydrogens (tertiary/aromatic N) is 1. The van der Waals surface area contributed by atoms with Crippen LogP contribution in [0.2, 0.25) is 0 Å². The van der Waals surface area contributed by atoms with Crippen molar-refractivity contribution in [2.75, 3.05) is 18.0 Å². The average Bonchev–Trinajstić information content (AvgIpc) is 2.59. The third kappa shape index (κ3) is 1.90. The third-order valence-corrected chi connectivity index (χ3v) is 3.51. The van der Waals surface area contributed by atoms with Crippen molar-refractivity contribution in [1.82, 2.24) is 0 Å². The molecule has 1 heterocycles. The molecule has 82 valence electrons. The molecule has 15 heavy (non-hydrogen) atoms. The molecule has 0 aromatic heterocycles. The summed E-state index contributed by atoms with van der Waals surface area (Å²) < 4.78 is 23.6. The number of hydrogen-bond acceptors (Lipinski definition) is 4. The summed E-state index contributed by atoms with van der Waals surface area (Å²) in [5.74, 6) is 0.711. The lowest BCUT2D eigenvalue weighted by atomic mass is 10.2. The van der Waals surface area contributed by atoms with Gasteiger partial charge in [-0.3, -0.25) is 0 Å². The molecule has 0 saturated carbocycles. The van der Waals surface area contributed by atoms with Crippen LogP contribution in [0.15, 0.2) is 24.3 Å². The number of benzene rings is 1. The highest BCUT2D eigenvalue weighted by atomic mass is 32.2.